The number of thiophene rings is 1. The summed E-state index contributed by atoms with van der Waals surface area (Å²) in [7, 11) is 0. The number of nitrogens with zero attached hydrogens (tertiary/aromatic N) is 4. The molecular formula is C54H34F4N4OS. The lowest BCUT2D eigenvalue weighted by Gasteiger charge is -2.37. The van der Waals surface area contributed by atoms with Crippen LogP contribution in [0.5, 0.6) is 0 Å². The van der Waals surface area contributed by atoms with Gasteiger partial charge in [-0.25, -0.2) is 17.6 Å². The summed E-state index contributed by atoms with van der Waals surface area (Å²) in [4.78, 5) is 14.0. The highest BCUT2D eigenvalue weighted by atomic mass is 32.1. The zero-order valence-corrected chi connectivity index (χ0v) is 35.1. The quantitative estimate of drug-likeness (QED) is 0.0996. The maximum Gasteiger partial charge on any atom is 0.194 e. The van der Waals surface area contributed by atoms with E-state index in [1.54, 1.807) is 17.4 Å². The lowest BCUT2D eigenvalue weighted by molar-refractivity contribution is 0.104. The van der Waals surface area contributed by atoms with E-state index in [2.05, 4.69) is 42.5 Å². The molecule has 0 bridgehead atoms. The fourth-order valence-corrected chi connectivity index (χ4v) is 13.1. The zero-order chi connectivity index (χ0) is 44.2. The summed E-state index contributed by atoms with van der Waals surface area (Å²) in [6, 6.07) is 20.9. The van der Waals surface area contributed by atoms with Gasteiger partial charge in [-0.3, -0.25) is 4.79 Å². The van der Waals surface area contributed by atoms with Gasteiger partial charge in [-0.1, -0.05) is 56.8 Å². The largest absolute Gasteiger partial charge is 0.289 e. The van der Waals surface area contributed by atoms with Crippen molar-refractivity contribution in [3.63, 3.8) is 0 Å². The molecule has 0 saturated heterocycles. The number of ketones is 1. The molecule has 1 aromatic heterocycles. The Kier molecular flexibility index (Phi) is 8.98. The number of hydrogen-bond acceptors (Lipinski definition) is 6. The van der Waals surface area contributed by atoms with Crippen molar-refractivity contribution >= 4 is 60.6 Å². The van der Waals surface area contributed by atoms with Crippen LogP contribution in [0.3, 0.4) is 0 Å². The maximum atomic E-state index is 14.6. The summed E-state index contributed by atoms with van der Waals surface area (Å²) >= 11 is 1.70. The third-order valence-corrected chi connectivity index (χ3v) is 15.9. The number of rotatable bonds is 2. The van der Waals surface area contributed by atoms with Crippen LogP contribution in [0.4, 0.5) is 17.6 Å². The third kappa shape index (κ3) is 5.59. The predicted molar refractivity (Wildman–Crippen MR) is 238 cm³/mol. The average molecular weight is 863 g/mol. The fourth-order valence-electron chi connectivity index (χ4n) is 11.9. The molecule has 5 aromatic rings. The Morgan fingerprint density at radius 2 is 1.03 bits per heavy atom. The summed E-state index contributed by atoms with van der Waals surface area (Å²) in [5.41, 5.74) is 7.21. The summed E-state index contributed by atoms with van der Waals surface area (Å²) in [5, 5.41) is 42.2. The highest BCUT2D eigenvalue weighted by Crippen LogP contribution is 2.57. The maximum absolute atomic E-state index is 14.6. The summed E-state index contributed by atoms with van der Waals surface area (Å²) in [6.45, 7) is 0. The van der Waals surface area contributed by atoms with Gasteiger partial charge in [0, 0.05) is 53.3 Å². The van der Waals surface area contributed by atoms with Crippen LogP contribution in [0, 0.1) is 68.6 Å². The van der Waals surface area contributed by atoms with Crippen LogP contribution >= 0.6 is 11.3 Å². The first-order valence-corrected chi connectivity index (χ1v) is 22.4. The summed E-state index contributed by atoms with van der Waals surface area (Å²) in [6.07, 6.45) is 17.9. The number of fused-ring (bicyclic) bond motifs is 9. The van der Waals surface area contributed by atoms with Gasteiger partial charge in [0.05, 0.1) is 0 Å². The molecule has 0 atom stereocenters. The van der Waals surface area contributed by atoms with Crippen molar-refractivity contribution < 1.29 is 22.4 Å². The van der Waals surface area contributed by atoms with Crippen LogP contribution in [0.15, 0.2) is 94.1 Å². The van der Waals surface area contributed by atoms with Gasteiger partial charge in [0.15, 0.2) is 29.1 Å². The molecule has 2 saturated carbocycles. The van der Waals surface area contributed by atoms with E-state index >= 15 is 0 Å². The van der Waals surface area contributed by atoms with Crippen molar-refractivity contribution in [2.45, 2.75) is 81.5 Å². The summed E-state index contributed by atoms with van der Waals surface area (Å²) < 4.78 is 60.5. The number of hydrogen-bond donors (Lipinski definition) is 0. The first-order chi connectivity index (χ1) is 31.0. The Hall–Kier alpha value is -7.11. The Morgan fingerprint density at radius 1 is 0.562 bits per heavy atom. The van der Waals surface area contributed by atoms with Crippen molar-refractivity contribution in [1.82, 2.24) is 0 Å². The Labute approximate surface area is 370 Å². The highest BCUT2D eigenvalue weighted by molar-refractivity contribution is 7.25. The van der Waals surface area contributed by atoms with Crippen LogP contribution in [0.1, 0.15) is 114 Å². The minimum absolute atomic E-state index is 0.0240. The van der Waals surface area contributed by atoms with Crippen molar-refractivity contribution in [2.75, 3.05) is 0 Å². The Bertz CT molecular complexity index is 3390. The smallest absolute Gasteiger partial charge is 0.194 e. The van der Waals surface area contributed by atoms with Gasteiger partial charge in [-0.05, 0) is 142 Å². The zero-order valence-electron chi connectivity index (χ0n) is 34.3. The van der Waals surface area contributed by atoms with E-state index in [1.807, 2.05) is 24.3 Å². The molecule has 64 heavy (non-hydrogen) atoms. The summed E-state index contributed by atoms with van der Waals surface area (Å²) in [5.74, 6) is -4.90. The average Bonchev–Trinajstić information content (AvgIpc) is 4.04. The van der Waals surface area contributed by atoms with Gasteiger partial charge < -0.3 is 0 Å². The van der Waals surface area contributed by atoms with Gasteiger partial charge in [0.25, 0.3) is 0 Å². The number of halogens is 4. The highest BCUT2D eigenvalue weighted by Gasteiger charge is 2.45. The first kappa shape index (κ1) is 39.7. The number of nitriles is 4. The molecule has 0 radical (unpaired) electrons. The fraction of sp³-hybridized carbons (Fsp3) is 0.241. The molecule has 0 unspecified atom stereocenters. The predicted octanol–water partition coefficient (Wildman–Crippen LogP) is 13.4. The molecule has 310 valence electrons. The standard InChI is InChI=1S/C54H34F4N4OS/c55-44-15-28-11-31(50(32(24-59)25-60)36(28)21-45(44)56)14-34-12-29-16-48-37(19-42(29)53(34)7-3-1-4-8-53)38-20-43-30(17-49(38)64-48)13-35(54(43)9-5-2-6-10-54)18-41-51(33(26-61)27-62)39-22-46(57)47(58)23-40(39)52(41)63/h12-23H,1-11H2/b31-14+,41-18-. The van der Waals surface area contributed by atoms with Gasteiger partial charge in [0.1, 0.15) is 35.4 Å². The molecule has 6 aliphatic carbocycles. The molecule has 4 aromatic carbocycles. The molecule has 5 nitrogen and oxygen atoms in total. The van der Waals surface area contributed by atoms with Crippen molar-refractivity contribution in [3.8, 4) is 24.3 Å². The van der Waals surface area contributed by atoms with Crippen molar-refractivity contribution in [3.05, 3.63) is 162 Å². The number of benzene rings is 4. The molecule has 2 fully saturated rings. The number of allylic oxidation sites excluding steroid dienone is 10. The third-order valence-electron chi connectivity index (χ3n) is 14.8. The van der Waals surface area contributed by atoms with E-state index in [1.165, 1.54) is 11.6 Å². The minimum atomic E-state index is -1.18. The number of Topliss-reactive ketones (excluding diaryl/α,β-unsaturated/α-hetero) is 1. The monoisotopic (exact) mass is 862 g/mol. The lowest BCUT2D eigenvalue weighted by Crippen LogP contribution is -2.29. The van der Waals surface area contributed by atoms with E-state index in [9.17, 15) is 43.4 Å². The molecule has 1 heterocycles. The second kappa shape index (κ2) is 14.5. The molecular weight excluding hydrogens is 829 g/mol. The van der Waals surface area contributed by atoms with E-state index in [4.69, 9.17) is 0 Å². The van der Waals surface area contributed by atoms with E-state index in [-0.39, 0.29) is 45.3 Å². The van der Waals surface area contributed by atoms with Gasteiger partial charge in [-0.15, -0.1) is 11.3 Å². The van der Waals surface area contributed by atoms with Crippen LogP contribution < -0.4 is 0 Å². The van der Waals surface area contributed by atoms with Gasteiger partial charge in [-0.2, -0.15) is 21.0 Å². The second-order valence-electron chi connectivity index (χ2n) is 17.9. The normalized spacial score (nSPS) is 19.9. The van der Waals surface area contributed by atoms with E-state index < -0.39 is 34.5 Å². The minimum Gasteiger partial charge on any atom is -0.289 e. The Balaban J connectivity index is 1.05. The second-order valence-corrected chi connectivity index (χ2v) is 19.0. The molecule has 6 aliphatic rings. The van der Waals surface area contributed by atoms with Crippen molar-refractivity contribution in [1.29, 1.82) is 21.0 Å². The molecule has 10 heteroatoms. The van der Waals surface area contributed by atoms with E-state index in [0.29, 0.717) is 22.3 Å². The Morgan fingerprint density at radius 3 is 1.56 bits per heavy atom. The van der Waals surface area contributed by atoms with Crippen LogP contribution in [-0.4, -0.2) is 5.78 Å². The van der Waals surface area contributed by atoms with Crippen LogP contribution in [0.2, 0.25) is 0 Å². The SMILES string of the molecule is N#CC(C#N)=C1/C(=C/C2=Cc3cc4sc5cc6c(cc5c4cc3C23CCCCC3)C2(CCCCC2)C(/C=C2\C(=O)c3cc(F)c(F)cc3C2=C(C#N)C#N)=C6)Cc2cc(F)c(F)cc21. The lowest BCUT2D eigenvalue weighted by atomic mass is 9.66. The molecule has 0 aliphatic heterocycles. The number of carbonyl (C=O) groups is 1. The molecule has 2 spiro atoms. The van der Waals surface area contributed by atoms with Gasteiger partial charge >= 0.3 is 0 Å². The van der Waals surface area contributed by atoms with Crippen molar-refractivity contribution in [2.24, 2.45) is 0 Å². The van der Waals surface area contributed by atoms with Crippen LogP contribution in [-0.2, 0) is 17.3 Å². The molecule has 11 rings (SSSR count). The first-order valence-electron chi connectivity index (χ1n) is 21.6. The number of carbonyl (C=O) groups excluding carboxylic acids is 1. The van der Waals surface area contributed by atoms with Gasteiger partial charge in [0.2, 0.25) is 0 Å². The molecule has 0 amide bonds. The topological polar surface area (TPSA) is 112 Å². The van der Waals surface area contributed by atoms with E-state index in [0.717, 1.165) is 130 Å². The molecule has 0 N–H and O–H groups in total. The van der Waals surface area contributed by atoms with Crippen LogP contribution in [0.25, 0.3) is 43.5 Å².